The fraction of sp³-hybridized carbons (Fsp3) is 0.923. The van der Waals surface area contributed by atoms with E-state index in [1.807, 2.05) is 0 Å². The molecular weight excluding hydrogens is 298 g/mol. The molecule has 4 unspecified atom stereocenters. The third-order valence-electron chi connectivity index (χ3n) is 4.59. The van der Waals surface area contributed by atoms with Crippen molar-refractivity contribution < 1.29 is 27.8 Å². The van der Waals surface area contributed by atoms with Gasteiger partial charge in [0.25, 0.3) is 0 Å². The largest absolute Gasteiger partial charge is 0.469 e. The molecular formula is C13H23NO6S. The smallest absolute Gasteiger partial charge is 0.310 e. The van der Waals surface area contributed by atoms with E-state index in [0.717, 1.165) is 0 Å². The Morgan fingerprint density at radius 2 is 2.19 bits per heavy atom. The number of carbonyl (C=O) groups excluding carboxylic acids is 1. The van der Waals surface area contributed by atoms with Crippen LogP contribution in [0.2, 0.25) is 0 Å². The fourth-order valence-corrected chi connectivity index (χ4v) is 4.88. The van der Waals surface area contributed by atoms with Crippen molar-refractivity contribution in [2.75, 3.05) is 20.3 Å². The second-order valence-corrected chi connectivity index (χ2v) is 7.82. The first-order chi connectivity index (χ1) is 9.80. The maximum atomic E-state index is 12.4. The Bertz CT molecular complexity index is 493. The average molecular weight is 321 g/mol. The van der Waals surface area contributed by atoms with Gasteiger partial charge < -0.3 is 14.6 Å². The molecule has 0 aromatic carbocycles. The van der Waals surface area contributed by atoms with E-state index in [9.17, 15) is 18.3 Å². The van der Waals surface area contributed by atoms with Crippen LogP contribution in [-0.4, -0.2) is 56.7 Å². The zero-order chi connectivity index (χ0) is 15.7. The summed E-state index contributed by atoms with van der Waals surface area (Å²) in [6.45, 7) is 2.03. The second-order valence-electron chi connectivity index (χ2n) is 5.83. The summed E-state index contributed by atoms with van der Waals surface area (Å²) in [6, 6.07) is 0. The van der Waals surface area contributed by atoms with E-state index < -0.39 is 38.9 Å². The molecule has 2 rings (SSSR count). The summed E-state index contributed by atoms with van der Waals surface area (Å²) in [4.78, 5) is 11.7. The van der Waals surface area contributed by atoms with E-state index in [1.165, 1.54) is 7.11 Å². The van der Waals surface area contributed by atoms with Crippen LogP contribution in [0.3, 0.4) is 0 Å². The van der Waals surface area contributed by atoms with Crippen LogP contribution in [-0.2, 0) is 24.3 Å². The van der Waals surface area contributed by atoms with Crippen molar-refractivity contribution in [3.8, 4) is 0 Å². The first-order valence-corrected chi connectivity index (χ1v) is 8.75. The highest BCUT2D eigenvalue weighted by atomic mass is 32.2. The van der Waals surface area contributed by atoms with Crippen molar-refractivity contribution in [3.05, 3.63) is 0 Å². The predicted octanol–water partition coefficient (Wildman–Crippen LogP) is -0.213. The van der Waals surface area contributed by atoms with Crippen molar-refractivity contribution in [1.82, 2.24) is 4.72 Å². The number of sulfonamides is 1. The van der Waals surface area contributed by atoms with Gasteiger partial charge in [0.2, 0.25) is 10.0 Å². The number of aliphatic hydroxyl groups is 1. The van der Waals surface area contributed by atoms with Gasteiger partial charge in [-0.25, -0.2) is 13.1 Å². The molecule has 1 aliphatic carbocycles. The molecule has 2 N–H and O–H groups in total. The van der Waals surface area contributed by atoms with Crippen molar-refractivity contribution in [2.24, 2.45) is 5.92 Å². The summed E-state index contributed by atoms with van der Waals surface area (Å²) in [6.07, 6.45) is 1.60. The summed E-state index contributed by atoms with van der Waals surface area (Å²) in [5.41, 5.74) is -1.19. The molecule has 0 bridgehead atoms. The normalized spacial score (nSPS) is 36.8. The molecule has 0 spiro atoms. The van der Waals surface area contributed by atoms with Crippen LogP contribution in [0.25, 0.3) is 0 Å². The lowest BCUT2D eigenvalue weighted by molar-refractivity contribution is -0.145. The fourth-order valence-electron chi connectivity index (χ4n) is 3.05. The summed E-state index contributed by atoms with van der Waals surface area (Å²) in [5, 5.41) is 9.56. The summed E-state index contributed by atoms with van der Waals surface area (Å²) >= 11 is 0. The number of nitrogens with one attached hydrogen (secondary N) is 1. The zero-order valence-electron chi connectivity index (χ0n) is 12.4. The number of rotatable bonds is 5. The minimum absolute atomic E-state index is 0.0963. The molecule has 0 radical (unpaired) electrons. The zero-order valence-corrected chi connectivity index (χ0v) is 13.2. The maximum Gasteiger partial charge on any atom is 0.310 e. The molecule has 0 amide bonds. The van der Waals surface area contributed by atoms with Gasteiger partial charge in [0.15, 0.2) is 0 Å². The van der Waals surface area contributed by atoms with E-state index in [1.54, 1.807) is 6.92 Å². The Labute approximate surface area is 125 Å². The van der Waals surface area contributed by atoms with Crippen LogP contribution in [0, 0.1) is 5.92 Å². The number of hydrogen-bond acceptors (Lipinski definition) is 6. The molecule has 21 heavy (non-hydrogen) atoms. The molecule has 2 fully saturated rings. The van der Waals surface area contributed by atoms with E-state index in [-0.39, 0.29) is 6.54 Å². The highest BCUT2D eigenvalue weighted by Gasteiger charge is 2.45. The van der Waals surface area contributed by atoms with Crippen molar-refractivity contribution in [1.29, 1.82) is 0 Å². The first kappa shape index (κ1) is 16.7. The Hall–Kier alpha value is -0.700. The van der Waals surface area contributed by atoms with Crippen LogP contribution >= 0.6 is 0 Å². The number of methoxy groups -OCH3 is 1. The van der Waals surface area contributed by atoms with Crippen LogP contribution in [0.4, 0.5) is 0 Å². The lowest BCUT2D eigenvalue weighted by Gasteiger charge is -2.27. The standard InChI is InChI=1S/C13H23NO6S/c1-9-13(16,6-7-20-9)8-14-21(17,18)11-5-3-4-10(11)12(15)19-2/h9-11,14,16H,3-8H2,1-2H3. The highest BCUT2D eigenvalue weighted by Crippen LogP contribution is 2.32. The third-order valence-corrected chi connectivity index (χ3v) is 6.50. The van der Waals surface area contributed by atoms with Gasteiger partial charge in [0.1, 0.15) is 5.60 Å². The van der Waals surface area contributed by atoms with Gasteiger partial charge >= 0.3 is 5.97 Å². The number of hydrogen-bond donors (Lipinski definition) is 2. The highest BCUT2D eigenvalue weighted by molar-refractivity contribution is 7.90. The summed E-state index contributed by atoms with van der Waals surface area (Å²) in [7, 11) is -2.42. The molecule has 1 heterocycles. The topological polar surface area (TPSA) is 102 Å². The third kappa shape index (κ3) is 3.39. The Morgan fingerprint density at radius 3 is 2.76 bits per heavy atom. The summed E-state index contributed by atoms with van der Waals surface area (Å²) < 4.78 is 37.2. The monoisotopic (exact) mass is 321 g/mol. The van der Waals surface area contributed by atoms with E-state index in [4.69, 9.17) is 4.74 Å². The van der Waals surface area contributed by atoms with Crippen LogP contribution in [0.1, 0.15) is 32.6 Å². The van der Waals surface area contributed by atoms with Gasteiger partial charge in [-0.3, -0.25) is 4.79 Å². The van der Waals surface area contributed by atoms with E-state index in [2.05, 4.69) is 9.46 Å². The number of esters is 1. The van der Waals surface area contributed by atoms with Crippen LogP contribution < -0.4 is 4.72 Å². The van der Waals surface area contributed by atoms with Gasteiger partial charge in [0.05, 0.1) is 24.4 Å². The quantitative estimate of drug-likeness (QED) is 0.679. The first-order valence-electron chi connectivity index (χ1n) is 7.20. The molecule has 0 aromatic heterocycles. The number of carbonyl (C=O) groups is 1. The molecule has 1 saturated carbocycles. The SMILES string of the molecule is COC(=O)C1CCCC1S(=O)(=O)NCC1(O)CCOC1C. The average Bonchev–Trinajstić information content (AvgIpc) is 3.05. The minimum Gasteiger partial charge on any atom is -0.469 e. The lowest BCUT2D eigenvalue weighted by Crippen LogP contribution is -2.50. The Morgan fingerprint density at radius 1 is 1.48 bits per heavy atom. The Kier molecular flexibility index (Phi) is 4.92. The Balaban J connectivity index is 2.03. The molecule has 0 aromatic rings. The maximum absolute atomic E-state index is 12.4. The predicted molar refractivity (Wildman–Crippen MR) is 75.0 cm³/mol. The minimum atomic E-state index is -3.68. The molecule has 122 valence electrons. The molecule has 4 atom stereocenters. The van der Waals surface area contributed by atoms with Gasteiger partial charge in [-0.15, -0.1) is 0 Å². The molecule has 8 heteroatoms. The van der Waals surface area contributed by atoms with Gasteiger partial charge in [0, 0.05) is 19.6 Å². The van der Waals surface area contributed by atoms with E-state index in [0.29, 0.717) is 32.3 Å². The molecule has 1 saturated heterocycles. The van der Waals surface area contributed by atoms with Crippen LogP contribution in [0.5, 0.6) is 0 Å². The molecule has 2 aliphatic rings. The van der Waals surface area contributed by atoms with Crippen molar-refractivity contribution in [3.63, 3.8) is 0 Å². The molecule has 7 nitrogen and oxygen atoms in total. The second kappa shape index (κ2) is 6.20. The van der Waals surface area contributed by atoms with Gasteiger partial charge in [-0.05, 0) is 19.8 Å². The van der Waals surface area contributed by atoms with Gasteiger partial charge in [-0.2, -0.15) is 0 Å². The van der Waals surface area contributed by atoms with E-state index >= 15 is 0 Å². The summed E-state index contributed by atoms with van der Waals surface area (Å²) in [5.74, 6) is -1.11. The lowest BCUT2D eigenvalue weighted by atomic mass is 9.97. The van der Waals surface area contributed by atoms with Gasteiger partial charge in [-0.1, -0.05) is 6.42 Å². The molecule has 1 aliphatic heterocycles. The number of ether oxygens (including phenoxy) is 2. The van der Waals surface area contributed by atoms with Crippen molar-refractivity contribution >= 4 is 16.0 Å². The van der Waals surface area contributed by atoms with Crippen molar-refractivity contribution in [2.45, 2.75) is 49.6 Å². The van der Waals surface area contributed by atoms with Crippen LogP contribution in [0.15, 0.2) is 0 Å².